The van der Waals surface area contributed by atoms with Crippen LogP contribution in [-0.4, -0.2) is 18.5 Å². The molecular weight excluding hydrogens is 152 g/mol. The third-order valence-electron chi connectivity index (χ3n) is 2.17. The van der Waals surface area contributed by atoms with Gasteiger partial charge in [0.25, 0.3) is 0 Å². The summed E-state index contributed by atoms with van der Waals surface area (Å²) in [6.45, 7) is 6.58. The minimum atomic E-state index is 0.0971. The maximum Gasteiger partial charge on any atom is 0.161 e. The molecule has 2 nitrogen and oxygen atoms in total. The third-order valence-corrected chi connectivity index (χ3v) is 2.17. The lowest BCUT2D eigenvalue weighted by Gasteiger charge is -2.09. The van der Waals surface area contributed by atoms with Gasteiger partial charge in [0.15, 0.2) is 5.78 Å². The van der Waals surface area contributed by atoms with Gasteiger partial charge in [-0.15, -0.1) is 0 Å². The molecule has 0 aromatic heterocycles. The van der Waals surface area contributed by atoms with Crippen molar-refractivity contribution in [3.05, 3.63) is 11.6 Å². The second kappa shape index (κ2) is 3.85. The van der Waals surface area contributed by atoms with Gasteiger partial charge >= 0.3 is 0 Å². The molecule has 0 bridgehead atoms. The average molecular weight is 168 g/mol. The van der Waals surface area contributed by atoms with Crippen LogP contribution in [0.5, 0.6) is 0 Å². The van der Waals surface area contributed by atoms with Crippen molar-refractivity contribution in [2.45, 2.75) is 33.3 Å². The molecule has 1 aliphatic heterocycles. The summed E-state index contributed by atoms with van der Waals surface area (Å²) in [5, 5.41) is 0. The average Bonchev–Trinajstić information content (AvgIpc) is 2.33. The zero-order chi connectivity index (χ0) is 9.14. The fourth-order valence-electron chi connectivity index (χ4n) is 1.50. The first-order valence-electron chi connectivity index (χ1n) is 4.41. The number of carbonyl (C=O) groups is 1. The van der Waals surface area contributed by atoms with Crippen LogP contribution >= 0.6 is 0 Å². The number of allylic oxidation sites excluding steroid dienone is 2. The quantitative estimate of drug-likeness (QED) is 0.589. The minimum Gasteiger partial charge on any atom is -0.378 e. The monoisotopic (exact) mass is 168 g/mol. The number of ether oxygens (including phenoxy) is 1. The summed E-state index contributed by atoms with van der Waals surface area (Å²) in [5.74, 6) is 0.319. The fraction of sp³-hybridized carbons (Fsp3) is 0.700. The molecule has 1 aliphatic rings. The van der Waals surface area contributed by atoms with Crippen molar-refractivity contribution in [3.8, 4) is 0 Å². The molecule has 1 heterocycles. The van der Waals surface area contributed by atoms with E-state index in [2.05, 4.69) is 0 Å². The van der Waals surface area contributed by atoms with E-state index in [0.29, 0.717) is 0 Å². The molecule has 0 aromatic rings. The van der Waals surface area contributed by atoms with Crippen molar-refractivity contribution >= 4 is 5.78 Å². The van der Waals surface area contributed by atoms with Crippen LogP contribution in [0.4, 0.5) is 0 Å². The topological polar surface area (TPSA) is 26.3 Å². The van der Waals surface area contributed by atoms with Crippen LogP contribution in [0.15, 0.2) is 11.6 Å². The molecule has 68 valence electrons. The molecule has 2 heteroatoms. The van der Waals surface area contributed by atoms with Crippen LogP contribution in [0, 0.1) is 5.92 Å². The summed E-state index contributed by atoms with van der Waals surface area (Å²) in [6, 6.07) is 0. The lowest BCUT2D eigenvalue weighted by molar-refractivity contribution is -0.119. The molecule has 0 aromatic carbocycles. The SMILES string of the molecule is CC(C)=CC(=O)C1CCOC1C. The van der Waals surface area contributed by atoms with Crippen LogP contribution < -0.4 is 0 Å². The van der Waals surface area contributed by atoms with E-state index in [-0.39, 0.29) is 17.8 Å². The molecule has 2 unspecified atom stereocenters. The van der Waals surface area contributed by atoms with Crippen molar-refractivity contribution in [1.29, 1.82) is 0 Å². The molecule has 12 heavy (non-hydrogen) atoms. The van der Waals surface area contributed by atoms with Crippen molar-refractivity contribution < 1.29 is 9.53 Å². The van der Waals surface area contributed by atoms with Gasteiger partial charge in [0.1, 0.15) is 0 Å². The van der Waals surface area contributed by atoms with Gasteiger partial charge in [-0.25, -0.2) is 0 Å². The Labute approximate surface area is 73.6 Å². The van der Waals surface area contributed by atoms with Gasteiger partial charge in [0, 0.05) is 12.5 Å². The zero-order valence-electron chi connectivity index (χ0n) is 7.96. The van der Waals surface area contributed by atoms with Gasteiger partial charge in [-0.2, -0.15) is 0 Å². The zero-order valence-corrected chi connectivity index (χ0v) is 7.96. The van der Waals surface area contributed by atoms with E-state index in [9.17, 15) is 4.79 Å². The van der Waals surface area contributed by atoms with Gasteiger partial charge in [-0.3, -0.25) is 4.79 Å². The van der Waals surface area contributed by atoms with E-state index in [0.717, 1.165) is 18.6 Å². The Kier molecular flexibility index (Phi) is 3.04. The highest BCUT2D eigenvalue weighted by atomic mass is 16.5. The Hall–Kier alpha value is -0.630. The maximum absolute atomic E-state index is 11.5. The summed E-state index contributed by atoms with van der Waals surface area (Å²) < 4.78 is 5.32. The van der Waals surface area contributed by atoms with Crippen LogP contribution in [0.3, 0.4) is 0 Å². The molecular formula is C10H16O2. The lowest BCUT2D eigenvalue weighted by Crippen LogP contribution is -2.19. The van der Waals surface area contributed by atoms with Crippen LogP contribution in [-0.2, 0) is 9.53 Å². The van der Waals surface area contributed by atoms with Gasteiger partial charge < -0.3 is 4.74 Å². The summed E-state index contributed by atoms with van der Waals surface area (Å²) in [7, 11) is 0. The number of carbonyl (C=O) groups excluding carboxylic acids is 1. The molecule has 0 amide bonds. The molecule has 1 saturated heterocycles. The predicted octanol–water partition coefficient (Wildman–Crippen LogP) is 1.95. The maximum atomic E-state index is 11.5. The lowest BCUT2D eigenvalue weighted by atomic mass is 9.96. The van der Waals surface area contributed by atoms with E-state index < -0.39 is 0 Å². The Morgan fingerprint density at radius 3 is 2.58 bits per heavy atom. The molecule has 0 N–H and O–H groups in total. The molecule has 0 radical (unpaired) electrons. The van der Waals surface area contributed by atoms with Crippen molar-refractivity contribution in [2.75, 3.05) is 6.61 Å². The normalized spacial score (nSPS) is 28.6. The number of ketones is 1. The van der Waals surface area contributed by atoms with Gasteiger partial charge in [0.2, 0.25) is 0 Å². The molecule has 0 aliphatic carbocycles. The Morgan fingerprint density at radius 1 is 1.50 bits per heavy atom. The highest BCUT2D eigenvalue weighted by Crippen LogP contribution is 2.21. The second-order valence-electron chi connectivity index (χ2n) is 3.60. The highest BCUT2D eigenvalue weighted by molar-refractivity contribution is 5.92. The Balaban J connectivity index is 2.58. The first kappa shape index (κ1) is 9.46. The van der Waals surface area contributed by atoms with Crippen molar-refractivity contribution in [3.63, 3.8) is 0 Å². The summed E-state index contributed by atoms with van der Waals surface area (Å²) in [4.78, 5) is 11.5. The number of hydrogen-bond acceptors (Lipinski definition) is 2. The summed E-state index contributed by atoms with van der Waals surface area (Å²) in [6.07, 6.45) is 2.70. The second-order valence-corrected chi connectivity index (χ2v) is 3.60. The Morgan fingerprint density at radius 2 is 2.17 bits per heavy atom. The molecule has 2 atom stereocenters. The largest absolute Gasteiger partial charge is 0.378 e. The van der Waals surface area contributed by atoms with Crippen LogP contribution in [0.1, 0.15) is 27.2 Å². The van der Waals surface area contributed by atoms with Crippen LogP contribution in [0.2, 0.25) is 0 Å². The smallest absolute Gasteiger partial charge is 0.161 e. The van der Waals surface area contributed by atoms with E-state index in [1.807, 2.05) is 20.8 Å². The molecule has 0 saturated carbocycles. The minimum absolute atomic E-state index is 0.0971. The standard InChI is InChI=1S/C10H16O2/c1-7(2)6-10(11)9-4-5-12-8(9)3/h6,8-9H,4-5H2,1-3H3. The summed E-state index contributed by atoms with van der Waals surface area (Å²) in [5.41, 5.74) is 1.07. The fourth-order valence-corrected chi connectivity index (χ4v) is 1.50. The highest BCUT2D eigenvalue weighted by Gasteiger charge is 2.28. The number of hydrogen-bond donors (Lipinski definition) is 0. The van der Waals surface area contributed by atoms with Gasteiger partial charge in [0.05, 0.1) is 6.10 Å². The van der Waals surface area contributed by atoms with E-state index in [4.69, 9.17) is 4.74 Å². The van der Waals surface area contributed by atoms with E-state index in [1.54, 1.807) is 6.08 Å². The first-order chi connectivity index (χ1) is 5.61. The number of rotatable bonds is 2. The summed E-state index contributed by atoms with van der Waals surface area (Å²) >= 11 is 0. The third kappa shape index (κ3) is 2.18. The molecule has 0 spiro atoms. The van der Waals surface area contributed by atoms with E-state index >= 15 is 0 Å². The van der Waals surface area contributed by atoms with E-state index in [1.165, 1.54) is 0 Å². The molecule has 1 rings (SSSR count). The van der Waals surface area contributed by atoms with Crippen LogP contribution in [0.25, 0.3) is 0 Å². The van der Waals surface area contributed by atoms with Gasteiger partial charge in [-0.05, 0) is 33.3 Å². The Bertz CT molecular complexity index is 202. The predicted molar refractivity (Wildman–Crippen MR) is 48.0 cm³/mol. The molecule has 1 fully saturated rings. The van der Waals surface area contributed by atoms with Crippen molar-refractivity contribution in [1.82, 2.24) is 0 Å². The van der Waals surface area contributed by atoms with Crippen molar-refractivity contribution in [2.24, 2.45) is 5.92 Å². The van der Waals surface area contributed by atoms with Gasteiger partial charge in [-0.1, -0.05) is 5.57 Å². The first-order valence-corrected chi connectivity index (χ1v) is 4.41.